The molecule has 5 rings (SSSR count). The van der Waals surface area contributed by atoms with Crippen LogP contribution in [0.25, 0.3) is 0 Å². The van der Waals surface area contributed by atoms with Crippen LogP contribution in [0, 0.1) is 16.7 Å². The largest absolute Gasteiger partial charge is 0.497 e. The summed E-state index contributed by atoms with van der Waals surface area (Å²) >= 11 is 8.50. The lowest BCUT2D eigenvalue weighted by Gasteiger charge is -2.42. The Labute approximate surface area is 262 Å². The summed E-state index contributed by atoms with van der Waals surface area (Å²) in [5.74, 6) is 0.389. The molecule has 0 saturated carbocycles. The summed E-state index contributed by atoms with van der Waals surface area (Å²) in [6.07, 6.45) is 0.877. The van der Waals surface area contributed by atoms with Gasteiger partial charge in [-0.1, -0.05) is 60.7 Å². The van der Waals surface area contributed by atoms with Crippen LogP contribution in [-0.2, 0) is 9.59 Å². The third-order valence-electron chi connectivity index (χ3n) is 7.16. The van der Waals surface area contributed by atoms with Crippen molar-refractivity contribution in [1.29, 1.82) is 5.26 Å². The number of methoxy groups -OCH3 is 2. The van der Waals surface area contributed by atoms with E-state index in [1.54, 1.807) is 30.2 Å². The Morgan fingerprint density at radius 2 is 2.02 bits per heavy atom. The van der Waals surface area contributed by atoms with Crippen molar-refractivity contribution in [1.82, 2.24) is 10.2 Å². The highest BCUT2D eigenvalue weighted by atomic mass is 35.5. The summed E-state index contributed by atoms with van der Waals surface area (Å²) in [7, 11) is 3.08. The molecule has 1 aliphatic carbocycles. The molecule has 43 heavy (non-hydrogen) atoms. The Morgan fingerprint density at radius 3 is 2.74 bits per heavy atom. The Balaban J connectivity index is 1.46. The lowest BCUT2D eigenvalue weighted by atomic mass is 9.68. The predicted octanol–water partition coefficient (Wildman–Crippen LogP) is 5.88. The van der Waals surface area contributed by atoms with E-state index in [4.69, 9.17) is 26.8 Å². The van der Waals surface area contributed by atoms with E-state index in [2.05, 4.69) is 21.6 Å². The first kappa shape index (κ1) is 30.4. The fraction of sp³-hybridized carbons (Fsp3) is 0.300. The Bertz CT molecular complexity index is 1710. The number of thioether (sulfide) groups is 1. The van der Waals surface area contributed by atoms with Crippen LogP contribution in [0.5, 0.6) is 11.5 Å². The Kier molecular flexibility index (Phi) is 8.69. The van der Waals surface area contributed by atoms with Gasteiger partial charge in [-0.15, -0.1) is 10.2 Å². The number of benzene rings is 2. The number of hydrogen-bond acceptors (Lipinski definition) is 11. The van der Waals surface area contributed by atoms with Crippen molar-refractivity contribution in [2.75, 3.05) is 30.2 Å². The lowest BCUT2D eigenvalue weighted by molar-refractivity contribution is -0.118. The second-order valence-corrected chi connectivity index (χ2v) is 13.4. The van der Waals surface area contributed by atoms with E-state index in [0.717, 1.165) is 5.56 Å². The first-order valence-corrected chi connectivity index (χ1v) is 15.4. The first-order chi connectivity index (χ1) is 20.5. The van der Waals surface area contributed by atoms with Crippen LogP contribution in [0.2, 0.25) is 5.02 Å². The topological polar surface area (TPSA) is 143 Å². The van der Waals surface area contributed by atoms with Gasteiger partial charge in [0, 0.05) is 22.7 Å². The maximum absolute atomic E-state index is 13.7. The second-order valence-electron chi connectivity index (χ2n) is 10.8. The zero-order valence-electron chi connectivity index (χ0n) is 23.9. The fourth-order valence-corrected chi connectivity index (χ4v) is 7.18. The van der Waals surface area contributed by atoms with Gasteiger partial charge in [-0.3, -0.25) is 14.5 Å². The van der Waals surface area contributed by atoms with E-state index in [1.807, 2.05) is 38.1 Å². The molecule has 2 heterocycles. The molecule has 1 unspecified atom stereocenters. The molecule has 1 atom stereocenters. The molecule has 222 valence electrons. The maximum atomic E-state index is 13.7. The van der Waals surface area contributed by atoms with Gasteiger partial charge in [-0.2, -0.15) is 5.26 Å². The molecule has 1 aliphatic heterocycles. The van der Waals surface area contributed by atoms with Crippen LogP contribution < -0.4 is 25.4 Å². The number of allylic oxidation sites excluding steroid dienone is 3. The molecule has 2 aromatic carbocycles. The van der Waals surface area contributed by atoms with Crippen LogP contribution in [0.1, 0.15) is 38.2 Å². The normalized spacial score (nSPS) is 17.8. The molecule has 0 bridgehead atoms. The van der Waals surface area contributed by atoms with Crippen LogP contribution >= 0.6 is 34.7 Å². The van der Waals surface area contributed by atoms with Crippen molar-refractivity contribution in [2.45, 2.75) is 36.9 Å². The quantitative estimate of drug-likeness (QED) is 0.288. The smallest absolute Gasteiger partial charge is 0.234 e. The number of Topliss-reactive ketones (excluding diaryl/α,β-unsaturated/α-hetero) is 1. The van der Waals surface area contributed by atoms with Crippen LogP contribution in [0.3, 0.4) is 0 Å². The summed E-state index contributed by atoms with van der Waals surface area (Å²) in [5.41, 5.74) is 9.06. The third-order valence-corrected chi connectivity index (χ3v) is 9.43. The molecular formula is C30H29ClN6O4S2. The number of amides is 1. The number of nitrogens with one attached hydrogen (secondary N) is 1. The second kappa shape index (κ2) is 12.3. The standard InChI is InChI=1S/C30H29ClN6O4S2/c1-30(2)12-21-26(22(38)13-30)25(16-6-5-7-18(10-16)40-3)19(14-32)27(33)37(21)28-35-36-29(43-28)42-15-24(39)34-20-11-17(31)8-9-23(20)41-4/h5-11,25H,12-13,15,33H2,1-4H3,(H,34,39). The number of ether oxygens (including phenoxy) is 2. The molecule has 0 fully saturated rings. The summed E-state index contributed by atoms with van der Waals surface area (Å²) in [6.45, 7) is 4.06. The number of hydrogen-bond donors (Lipinski definition) is 2. The number of halogens is 1. The van der Waals surface area contributed by atoms with E-state index in [0.29, 0.717) is 55.8 Å². The van der Waals surface area contributed by atoms with Crippen molar-refractivity contribution in [3.63, 3.8) is 0 Å². The van der Waals surface area contributed by atoms with Crippen molar-refractivity contribution < 1.29 is 19.1 Å². The number of nitrogens with two attached hydrogens (primary N) is 1. The van der Waals surface area contributed by atoms with Crippen LogP contribution in [-0.4, -0.2) is 41.9 Å². The van der Waals surface area contributed by atoms with Gasteiger partial charge in [-0.05, 0) is 47.7 Å². The average molecular weight is 637 g/mol. The van der Waals surface area contributed by atoms with Gasteiger partial charge in [0.2, 0.25) is 11.0 Å². The SMILES string of the molecule is COc1cccc(C2C(C#N)=C(N)N(c3nnc(SCC(=O)Nc4cc(Cl)ccc4OC)s3)C3=C2C(=O)CC(C)(C)C3)c1. The number of carbonyl (C=O) groups is 2. The van der Waals surface area contributed by atoms with Gasteiger partial charge in [0.05, 0.1) is 43.2 Å². The molecule has 1 amide bonds. The zero-order chi connectivity index (χ0) is 30.9. The van der Waals surface area contributed by atoms with Crippen molar-refractivity contribution in [2.24, 2.45) is 11.1 Å². The van der Waals surface area contributed by atoms with Crippen LogP contribution in [0.4, 0.5) is 10.8 Å². The number of ketones is 1. The molecule has 10 nitrogen and oxygen atoms in total. The number of rotatable bonds is 8. The van der Waals surface area contributed by atoms with E-state index in [1.165, 1.54) is 30.2 Å². The molecule has 0 saturated heterocycles. The number of nitrogens with zero attached hydrogens (tertiary/aromatic N) is 4. The Morgan fingerprint density at radius 1 is 1.23 bits per heavy atom. The minimum atomic E-state index is -0.635. The van der Waals surface area contributed by atoms with E-state index >= 15 is 0 Å². The summed E-state index contributed by atoms with van der Waals surface area (Å²) in [5, 5.41) is 22.6. The van der Waals surface area contributed by atoms with Crippen molar-refractivity contribution in [3.05, 3.63) is 75.7 Å². The van der Waals surface area contributed by atoms with Crippen molar-refractivity contribution >= 4 is 57.2 Å². The number of nitriles is 1. The minimum absolute atomic E-state index is 0.0449. The summed E-state index contributed by atoms with van der Waals surface area (Å²) in [4.78, 5) is 28.1. The van der Waals surface area contributed by atoms with Crippen molar-refractivity contribution in [3.8, 4) is 17.6 Å². The monoisotopic (exact) mass is 636 g/mol. The number of aromatic nitrogens is 2. The highest BCUT2D eigenvalue weighted by molar-refractivity contribution is 8.01. The fourth-order valence-electron chi connectivity index (χ4n) is 5.32. The molecule has 0 radical (unpaired) electrons. The molecule has 3 aromatic rings. The molecule has 13 heteroatoms. The zero-order valence-corrected chi connectivity index (χ0v) is 26.3. The third kappa shape index (κ3) is 6.20. The summed E-state index contributed by atoms with van der Waals surface area (Å²) in [6, 6.07) is 14.6. The Hall–Kier alpha value is -4.05. The summed E-state index contributed by atoms with van der Waals surface area (Å²) < 4.78 is 11.2. The van der Waals surface area contributed by atoms with E-state index in [9.17, 15) is 14.9 Å². The highest BCUT2D eigenvalue weighted by Gasteiger charge is 2.45. The first-order valence-electron chi connectivity index (χ1n) is 13.2. The van der Waals surface area contributed by atoms with Gasteiger partial charge >= 0.3 is 0 Å². The van der Waals surface area contributed by atoms with Gasteiger partial charge in [0.15, 0.2) is 10.1 Å². The van der Waals surface area contributed by atoms with Gasteiger partial charge in [-0.25, -0.2) is 0 Å². The van der Waals surface area contributed by atoms with Crippen LogP contribution in [0.15, 0.2) is 69.5 Å². The minimum Gasteiger partial charge on any atom is -0.497 e. The number of anilines is 2. The number of carbonyl (C=O) groups excluding carboxylic acids is 2. The average Bonchev–Trinajstić information content (AvgIpc) is 3.43. The predicted molar refractivity (Wildman–Crippen MR) is 167 cm³/mol. The molecule has 1 aromatic heterocycles. The lowest BCUT2D eigenvalue weighted by Crippen LogP contribution is -2.42. The van der Waals surface area contributed by atoms with E-state index < -0.39 is 5.92 Å². The molecule has 0 spiro atoms. The molecule has 2 aliphatic rings. The maximum Gasteiger partial charge on any atom is 0.234 e. The molecule has 3 N–H and O–H groups in total. The molecular weight excluding hydrogens is 608 g/mol. The van der Waals surface area contributed by atoms with E-state index in [-0.39, 0.29) is 34.3 Å². The van der Waals surface area contributed by atoms with Gasteiger partial charge in [0.25, 0.3) is 0 Å². The van der Waals surface area contributed by atoms with Gasteiger partial charge in [0.1, 0.15) is 17.3 Å². The highest BCUT2D eigenvalue weighted by Crippen LogP contribution is 2.51. The van der Waals surface area contributed by atoms with Gasteiger partial charge < -0.3 is 20.5 Å².